The van der Waals surface area contributed by atoms with E-state index in [1.807, 2.05) is 0 Å². The van der Waals surface area contributed by atoms with Crippen LogP contribution in [-0.4, -0.2) is 26.0 Å². The average molecular weight is 313 g/mol. The molecule has 0 unspecified atom stereocenters. The highest BCUT2D eigenvalue weighted by atomic mass is 79.9. The molecule has 2 rings (SSSR count). The Morgan fingerprint density at radius 2 is 2.17 bits per heavy atom. The summed E-state index contributed by atoms with van der Waals surface area (Å²) in [5.41, 5.74) is -0.257. The van der Waals surface area contributed by atoms with Crippen molar-refractivity contribution in [2.75, 3.05) is 0 Å². The Morgan fingerprint density at radius 3 is 2.78 bits per heavy atom. The quantitative estimate of drug-likeness (QED) is 0.795. The maximum absolute atomic E-state index is 11.5. The van der Waals surface area contributed by atoms with Crippen molar-refractivity contribution in [2.24, 2.45) is 0 Å². The fourth-order valence-electron chi connectivity index (χ4n) is 1.57. The third kappa shape index (κ3) is 2.30. The summed E-state index contributed by atoms with van der Waals surface area (Å²) in [6.45, 7) is 0. The van der Waals surface area contributed by atoms with Crippen LogP contribution in [0.5, 0.6) is 5.88 Å². The highest BCUT2D eigenvalue weighted by Crippen LogP contribution is 2.21. The summed E-state index contributed by atoms with van der Waals surface area (Å²) in [5.74, 6) is -1.57. The summed E-state index contributed by atoms with van der Waals surface area (Å²) in [5, 5.41) is 20.9. The van der Waals surface area contributed by atoms with E-state index in [1.54, 1.807) is 24.3 Å². The molecule has 0 aliphatic rings. The van der Waals surface area contributed by atoms with E-state index in [4.69, 9.17) is 5.11 Å². The number of H-pyrrole nitrogens is 1. The summed E-state index contributed by atoms with van der Waals surface area (Å²) in [6, 6.07) is 6.87. The van der Waals surface area contributed by atoms with Gasteiger partial charge in [0.25, 0.3) is 5.56 Å². The molecule has 0 saturated heterocycles. The third-order valence-electron chi connectivity index (χ3n) is 2.36. The Kier molecular flexibility index (Phi) is 3.24. The molecule has 0 aliphatic heterocycles. The molecule has 0 saturated carbocycles. The molecule has 7 heteroatoms. The molecule has 0 fully saturated rings. The lowest BCUT2D eigenvalue weighted by atomic mass is 10.2. The first kappa shape index (κ1) is 12.4. The van der Waals surface area contributed by atoms with Gasteiger partial charge in [0.05, 0.1) is 17.7 Å². The van der Waals surface area contributed by atoms with E-state index in [9.17, 15) is 14.7 Å². The van der Waals surface area contributed by atoms with Crippen molar-refractivity contribution in [1.29, 1.82) is 0 Å². The lowest BCUT2D eigenvalue weighted by molar-refractivity contribution is -0.136. The Bertz CT molecular complexity index is 659. The lowest BCUT2D eigenvalue weighted by Crippen LogP contribution is -2.11. The molecule has 0 aliphatic carbocycles. The molecule has 1 heterocycles. The van der Waals surface area contributed by atoms with Gasteiger partial charge in [0.15, 0.2) is 0 Å². The van der Waals surface area contributed by atoms with Gasteiger partial charge in [-0.05, 0) is 18.2 Å². The lowest BCUT2D eigenvalue weighted by Gasteiger charge is -2.04. The molecular formula is C11H9BrN2O4. The maximum atomic E-state index is 11.5. The van der Waals surface area contributed by atoms with Gasteiger partial charge in [-0.2, -0.15) is 0 Å². The normalized spacial score (nSPS) is 10.5. The molecule has 1 aromatic carbocycles. The van der Waals surface area contributed by atoms with Crippen molar-refractivity contribution in [3.05, 3.63) is 44.7 Å². The molecule has 0 bridgehead atoms. The zero-order valence-corrected chi connectivity index (χ0v) is 10.6. The highest BCUT2D eigenvalue weighted by molar-refractivity contribution is 9.10. The maximum Gasteiger partial charge on any atom is 0.308 e. The van der Waals surface area contributed by atoms with Gasteiger partial charge >= 0.3 is 5.97 Å². The van der Waals surface area contributed by atoms with Crippen LogP contribution < -0.4 is 5.56 Å². The van der Waals surface area contributed by atoms with E-state index < -0.39 is 17.9 Å². The molecule has 94 valence electrons. The second-order valence-corrected chi connectivity index (χ2v) is 4.54. The van der Waals surface area contributed by atoms with Crippen LogP contribution in [0.15, 0.2) is 33.5 Å². The van der Waals surface area contributed by atoms with Crippen LogP contribution >= 0.6 is 15.9 Å². The summed E-state index contributed by atoms with van der Waals surface area (Å²) >= 11 is 3.27. The number of benzene rings is 1. The average Bonchev–Trinajstić information content (AvgIpc) is 2.56. The number of hydrogen-bond acceptors (Lipinski definition) is 3. The van der Waals surface area contributed by atoms with Gasteiger partial charge in [0.1, 0.15) is 0 Å². The fourth-order valence-corrected chi connectivity index (χ4v) is 1.96. The molecule has 0 spiro atoms. The van der Waals surface area contributed by atoms with Crippen molar-refractivity contribution in [1.82, 2.24) is 9.78 Å². The number of aromatic amines is 1. The Morgan fingerprint density at radius 1 is 1.44 bits per heavy atom. The number of carboxylic acids is 1. The number of nitrogens with one attached hydrogen (secondary N) is 1. The van der Waals surface area contributed by atoms with E-state index in [-0.39, 0.29) is 11.4 Å². The predicted octanol–water partition coefficient (Wildman–Crippen LogP) is 1.26. The SMILES string of the molecule is O=C(O)Cc1c(O)n(-c2cccc(Br)c2)[nH]c1=O. The van der Waals surface area contributed by atoms with Crippen molar-refractivity contribution in [3.8, 4) is 11.6 Å². The zero-order valence-electron chi connectivity index (χ0n) is 9.05. The number of hydrogen-bond donors (Lipinski definition) is 3. The number of aromatic nitrogens is 2. The minimum absolute atomic E-state index is 0.164. The smallest absolute Gasteiger partial charge is 0.308 e. The van der Waals surface area contributed by atoms with E-state index in [2.05, 4.69) is 21.0 Å². The van der Waals surface area contributed by atoms with Gasteiger partial charge < -0.3 is 10.2 Å². The van der Waals surface area contributed by atoms with Crippen LogP contribution in [0.4, 0.5) is 0 Å². The number of aliphatic carboxylic acids is 1. The topological polar surface area (TPSA) is 95.3 Å². The summed E-state index contributed by atoms with van der Waals surface area (Å²) in [7, 11) is 0. The van der Waals surface area contributed by atoms with Gasteiger partial charge in [0.2, 0.25) is 5.88 Å². The first-order chi connectivity index (χ1) is 8.49. The van der Waals surface area contributed by atoms with Crippen LogP contribution in [0.1, 0.15) is 5.56 Å². The first-order valence-electron chi connectivity index (χ1n) is 4.99. The van der Waals surface area contributed by atoms with Crippen molar-refractivity contribution in [3.63, 3.8) is 0 Å². The summed E-state index contributed by atoms with van der Waals surface area (Å²) < 4.78 is 1.92. The third-order valence-corrected chi connectivity index (χ3v) is 2.86. The summed E-state index contributed by atoms with van der Waals surface area (Å²) in [4.78, 5) is 22.1. The van der Waals surface area contributed by atoms with Crippen LogP contribution in [-0.2, 0) is 11.2 Å². The highest BCUT2D eigenvalue weighted by Gasteiger charge is 2.17. The second kappa shape index (κ2) is 4.69. The van der Waals surface area contributed by atoms with E-state index in [1.165, 1.54) is 0 Å². The van der Waals surface area contributed by atoms with Gasteiger partial charge in [-0.1, -0.05) is 22.0 Å². The standard InChI is InChI=1S/C11H9BrN2O4/c12-6-2-1-3-7(4-6)14-11(18)8(5-9(15)16)10(17)13-14/h1-4,18H,5H2,(H,13,17)(H,15,16). The molecule has 0 amide bonds. The number of aromatic hydroxyl groups is 1. The summed E-state index contributed by atoms with van der Waals surface area (Å²) in [6.07, 6.45) is -0.526. The Balaban J connectivity index is 2.54. The zero-order chi connectivity index (χ0) is 13.3. The molecule has 18 heavy (non-hydrogen) atoms. The van der Waals surface area contributed by atoms with Gasteiger partial charge in [-0.15, -0.1) is 0 Å². The van der Waals surface area contributed by atoms with Crippen molar-refractivity contribution >= 4 is 21.9 Å². The molecule has 3 N–H and O–H groups in total. The minimum atomic E-state index is -1.18. The van der Waals surface area contributed by atoms with Crippen LogP contribution in [0.3, 0.4) is 0 Å². The largest absolute Gasteiger partial charge is 0.493 e. The number of carbonyl (C=O) groups is 1. The predicted molar refractivity (Wildman–Crippen MR) is 67.1 cm³/mol. The number of halogens is 1. The first-order valence-corrected chi connectivity index (χ1v) is 5.79. The number of rotatable bonds is 3. The van der Waals surface area contributed by atoms with Crippen molar-refractivity contribution < 1.29 is 15.0 Å². The van der Waals surface area contributed by atoms with Gasteiger partial charge in [-0.3, -0.25) is 14.7 Å². The molecule has 0 radical (unpaired) electrons. The van der Waals surface area contributed by atoms with Gasteiger partial charge in [0, 0.05) is 4.47 Å². The number of nitrogens with zero attached hydrogens (tertiary/aromatic N) is 1. The van der Waals surface area contributed by atoms with E-state index in [0.29, 0.717) is 5.69 Å². The second-order valence-electron chi connectivity index (χ2n) is 3.63. The Labute approximate surface area is 110 Å². The molecule has 1 aromatic heterocycles. The fraction of sp³-hybridized carbons (Fsp3) is 0.0909. The molecule has 0 atom stereocenters. The van der Waals surface area contributed by atoms with E-state index in [0.717, 1.165) is 9.15 Å². The number of carboxylic acid groups (broad SMARTS) is 1. The van der Waals surface area contributed by atoms with Crippen LogP contribution in [0.25, 0.3) is 5.69 Å². The van der Waals surface area contributed by atoms with Gasteiger partial charge in [-0.25, -0.2) is 4.68 Å². The molecular weight excluding hydrogens is 304 g/mol. The van der Waals surface area contributed by atoms with Crippen molar-refractivity contribution in [2.45, 2.75) is 6.42 Å². The monoisotopic (exact) mass is 312 g/mol. The van der Waals surface area contributed by atoms with Crippen LogP contribution in [0.2, 0.25) is 0 Å². The Hall–Kier alpha value is -2.02. The van der Waals surface area contributed by atoms with Crippen LogP contribution in [0, 0.1) is 0 Å². The molecule has 6 nitrogen and oxygen atoms in total. The van der Waals surface area contributed by atoms with E-state index >= 15 is 0 Å². The molecule has 2 aromatic rings. The minimum Gasteiger partial charge on any atom is -0.493 e.